The highest BCUT2D eigenvalue weighted by Crippen LogP contribution is 2.23. The molecule has 2 aromatic rings. The monoisotopic (exact) mass is 358 g/mol. The third kappa shape index (κ3) is 4.43. The molecule has 1 saturated heterocycles. The minimum Gasteiger partial charge on any atom is -0.457 e. The van der Waals surface area contributed by atoms with Crippen LogP contribution in [0.3, 0.4) is 0 Å². The number of benzene rings is 2. The van der Waals surface area contributed by atoms with Gasteiger partial charge in [0, 0.05) is 18.6 Å². The zero-order valence-corrected chi connectivity index (χ0v) is 15.1. The molecular weight excluding hydrogens is 338 g/mol. The molecule has 0 spiro atoms. The van der Waals surface area contributed by atoms with Gasteiger partial charge in [-0.1, -0.05) is 67.9 Å². The first kappa shape index (κ1) is 18.0. The summed E-state index contributed by atoms with van der Waals surface area (Å²) in [6.45, 7) is 5.40. The van der Waals surface area contributed by atoms with Gasteiger partial charge in [-0.05, 0) is 17.1 Å². The molecule has 0 saturated carbocycles. The molecule has 2 aromatic carbocycles. The molecule has 0 amide bonds. The maximum atomic E-state index is 12.6. The van der Waals surface area contributed by atoms with Crippen LogP contribution in [0.1, 0.15) is 29.8 Å². The number of rotatable bonds is 4. The van der Waals surface area contributed by atoms with E-state index in [0.29, 0.717) is 29.3 Å². The molecule has 1 aliphatic rings. The van der Waals surface area contributed by atoms with E-state index in [9.17, 15) is 4.79 Å². The summed E-state index contributed by atoms with van der Waals surface area (Å²) in [5.74, 6) is -0.485. The van der Waals surface area contributed by atoms with Crippen LogP contribution in [-0.4, -0.2) is 26.3 Å². The highest BCUT2D eigenvalue weighted by atomic mass is 35.5. The topological polar surface area (TPSA) is 44.8 Å². The average molecular weight is 359 g/mol. The molecule has 0 aromatic heterocycles. The molecule has 0 radical (unpaired) electrons. The highest BCUT2D eigenvalue weighted by molar-refractivity contribution is 6.63. The van der Waals surface area contributed by atoms with Crippen molar-refractivity contribution >= 4 is 30.2 Å². The van der Waals surface area contributed by atoms with Crippen molar-refractivity contribution in [1.82, 2.24) is 0 Å². The highest BCUT2D eigenvalue weighted by Gasteiger charge is 2.36. The second kappa shape index (κ2) is 7.60. The van der Waals surface area contributed by atoms with Crippen LogP contribution in [0.2, 0.25) is 5.02 Å². The molecule has 0 atom stereocenters. The van der Waals surface area contributed by atoms with Crippen molar-refractivity contribution in [3.05, 3.63) is 64.7 Å². The molecule has 0 aliphatic carbocycles. The molecule has 6 heteroatoms. The minimum absolute atomic E-state index is 0.0525. The number of hydrogen-bond donors (Lipinski definition) is 0. The van der Waals surface area contributed by atoms with Gasteiger partial charge in [0.25, 0.3) is 0 Å². The van der Waals surface area contributed by atoms with Crippen molar-refractivity contribution in [1.29, 1.82) is 0 Å². The first-order chi connectivity index (χ1) is 12.0. The largest absolute Gasteiger partial charge is 0.494 e. The Bertz CT molecular complexity index is 738. The first-order valence-electron chi connectivity index (χ1n) is 8.19. The van der Waals surface area contributed by atoms with Gasteiger partial charge in [-0.25, -0.2) is 4.79 Å². The van der Waals surface area contributed by atoms with Crippen LogP contribution in [0.15, 0.2) is 48.5 Å². The zero-order chi connectivity index (χ0) is 17.9. The molecule has 3 rings (SSSR count). The van der Waals surface area contributed by atoms with Gasteiger partial charge in [-0.2, -0.15) is 0 Å². The van der Waals surface area contributed by atoms with Crippen molar-refractivity contribution in [3.63, 3.8) is 0 Å². The number of esters is 1. The summed E-state index contributed by atoms with van der Waals surface area (Å²) in [4.78, 5) is 12.6. The van der Waals surface area contributed by atoms with Crippen molar-refractivity contribution in [3.8, 4) is 0 Å². The third-order valence-corrected chi connectivity index (χ3v) is 4.28. The second-order valence-corrected chi connectivity index (χ2v) is 7.29. The van der Waals surface area contributed by atoms with Crippen LogP contribution in [0.25, 0.3) is 0 Å². The predicted molar refractivity (Wildman–Crippen MR) is 98.1 cm³/mol. The van der Waals surface area contributed by atoms with E-state index in [4.69, 9.17) is 25.6 Å². The van der Waals surface area contributed by atoms with Crippen molar-refractivity contribution in [2.24, 2.45) is 5.41 Å². The van der Waals surface area contributed by atoms with Crippen LogP contribution in [0.5, 0.6) is 0 Å². The van der Waals surface area contributed by atoms with E-state index in [2.05, 4.69) is 13.8 Å². The molecule has 0 unspecified atom stereocenters. The van der Waals surface area contributed by atoms with Gasteiger partial charge in [0.1, 0.15) is 6.61 Å². The SMILES string of the molecule is CC1(C)COB(c2cccc(Cl)c2C(=O)OCc2ccccc2)OC1. The summed E-state index contributed by atoms with van der Waals surface area (Å²) in [5, 5.41) is 0.326. The fourth-order valence-electron chi connectivity index (χ4n) is 2.62. The summed E-state index contributed by atoms with van der Waals surface area (Å²) in [7, 11) is -0.619. The van der Waals surface area contributed by atoms with E-state index < -0.39 is 13.1 Å². The van der Waals surface area contributed by atoms with Gasteiger partial charge >= 0.3 is 13.1 Å². The smallest absolute Gasteiger partial charge is 0.457 e. The molecule has 0 N–H and O–H groups in total. The van der Waals surface area contributed by atoms with Crippen molar-refractivity contribution < 1.29 is 18.8 Å². The minimum atomic E-state index is -0.619. The molecule has 1 aliphatic heterocycles. The Morgan fingerprint density at radius 1 is 1.12 bits per heavy atom. The maximum Gasteiger partial charge on any atom is 0.494 e. The normalized spacial score (nSPS) is 16.5. The van der Waals surface area contributed by atoms with E-state index in [-0.39, 0.29) is 12.0 Å². The lowest BCUT2D eigenvalue weighted by molar-refractivity contribution is 0.0336. The second-order valence-electron chi connectivity index (χ2n) is 6.88. The average Bonchev–Trinajstić information content (AvgIpc) is 2.60. The van der Waals surface area contributed by atoms with Crippen molar-refractivity contribution in [2.45, 2.75) is 20.5 Å². The fourth-order valence-corrected chi connectivity index (χ4v) is 2.88. The molecule has 25 heavy (non-hydrogen) atoms. The molecule has 130 valence electrons. The summed E-state index contributed by atoms with van der Waals surface area (Å²) in [6, 6.07) is 14.7. The Morgan fingerprint density at radius 3 is 2.48 bits per heavy atom. The molecule has 1 heterocycles. The van der Waals surface area contributed by atoms with Gasteiger partial charge in [0.15, 0.2) is 0 Å². The van der Waals surface area contributed by atoms with Gasteiger partial charge in [-0.15, -0.1) is 0 Å². The Labute approximate surface area is 153 Å². The van der Waals surface area contributed by atoms with Crippen LogP contribution in [0.4, 0.5) is 0 Å². The first-order valence-corrected chi connectivity index (χ1v) is 8.57. The lowest BCUT2D eigenvalue weighted by Gasteiger charge is -2.33. The summed E-state index contributed by atoms with van der Waals surface area (Å²) < 4.78 is 17.0. The number of carbonyl (C=O) groups is 1. The number of hydrogen-bond acceptors (Lipinski definition) is 4. The Morgan fingerprint density at radius 2 is 1.80 bits per heavy atom. The van der Waals surface area contributed by atoms with Crippen LogP contribution in [0, 0.1) is 5.41 Å². The van der Waals surface area contributed by atoms with E-state index in [0.717, 1.165) is 5.56 Å². The Balaban J connectivity index is 1.77. The van der Waals surface area contributed by atoms with Crippen molar-refractivity contribution in [2.75, 3.05) is 13.2 Å². The molecule has 0 bridgehead atoms. The maximum absolute atomic E-state index is 12.6. The number of ether oxygens (including phenoxy) is 1. The lowest BCUT2D eigenvalue weighted by atomic mass is 9.73. The fraction of sp³-hybridized carbons (Fsp3) is 0.316. The van der Waals surface area contributed by atoms with E-state index >= 15 is 0 Å². The van der Waals surface area contributed by atoms with E-state index in [1.807, 2.05) is 30.3 Å². The van der Waals surface area contributed by atoms with Gasteiger partial charge in [0.05, 0.1) is 10.6 Å². The number of carbonyl (C=O) groups excluding carboxylic acids is 1. The van der Waals surface area contributed by atoms with E-state index in [1.165, 1.54) is 0 Å². The molecule has 4 nitrogen and oxygen atoms in total. The zero-order valence-electron chi connectivity index (χ0n) is 14.3. The van der Waals surface area contributed by atoms with Gasteiger partial charge in [-0.3, -0.25) is 0 Å². The lowest BCUT2D eigenvalue weighted by Crippen LogP contribution is -2.49. The Kier molecular flexibility index (Phi) is 5.47. The summed E-state index contributed by atoms with van der Waals surface area (Å²) in [5.41, 5.74) is 1.76. The quantitative estimate of drug-likeness (QED) is 0.620. The molecular formula is C19H20BClO4. The third-order valence-electron chi connectivity index (χ3n) is 3.97. The predicted octanol–water partition coefficient (Wildman–Crippen LogP) is 3.47. The number of halogens is 1. The van der Waals surface area contributed by atoms with Crippen LogP contribution >= 0.6 is 11.6 Å². The molecule has 1 fully saturated rings. The summed E-state index contributed by atoms with van der Waals surface area (Å²) >= 11 is 6.27. The Hall–Kier alpha value is -1.82. The standard InChI is InChI=1S/C19H20BClO4/c1-19(2)12-24-20(25-13-19)15-9-6-10-16(21)17(15)18(22)23-11-14-7-4-3-5-8-14/h3-10H,11-13H2,1-2H3. The van der Waals surface area contributed by atoms with Gasteiger partial charge < -0.3 is 14.0 Å². The van der Waals surface area contributed by atoms with E-state index in [1.54, 1.807) is 18.2 Å². The van der Waals surface area contributed by atoms with Gasteiger partial charge in [0.2, 0.25) is 0 Å². The van der Waals surface area contributed by atoms with Crippen LogP contribution in [-0.2, 0) is 20.7 Å². The van der Waals surface area contributed by atoms with Crippen LogP contribution < -0.4 is 5.46 Å². The summed E-state index contributed by atoms with van der Waals surface area (Å²) in [6.07, 6.45) is 0.